The molecule has 0 spiro atoms. The lowest BCUT2D eigenvalue weighted by Gasteiger charge is -2.41. The maximum atomic E-state index is 11.5. The van der Waals surface area contributed by atoms with Crippen LogP contribution in [0.2, 0.25) is 0 Å². The molecular formula is C13H27NO2. The fourth-order valence-electron chi connectivity index (χ4n) is 1.03. The zero-order chi connectivity index (χ0) is 13.2. The molecule has 0 unspecified atom stereocenters. The van der Waals surface area contributed by atoms with Crippen LogP contribution in [0.15, 0.2) is 0 Å². The van der Waals surface area contributed by atoms with E-state index in [1.807, 2.05) is 13.8 Å². The Morgan fingerprint density at radius 1 is 1.06 bits per heavy atom. The van der Waals surface area contributed by atoms with Crippen LogP contribution in [0.5, 0.6) is 0 Å². The molecule has 0 saturated heterocycles. The van der Waals surface area contributed by atoms with Gasteiger partial charge in [-0.25, -0.2) is 0 Å². The van der Waals surface area contributed by atoms with Crippen molar-refractivity contribution in [3.05, 3.63) is 0 Å². The van der Waals surface area contributed by atoms with Crippen molar-refractivity contribution in [1.29, 1.82) is 0 Å². The topological polar surface area (TPSA) is 38.3 Å². The zero-order valence-electron chi connectivity index (χ0n) is 12.0. The van der Waals surface area contributed by atoms with Crippen molar-refractivity contribution >= 4 is 5.97 Å². The lowest BCUT2D eigenvalue weighted by molar-refractivity contribution is -0.147. The Balaban J connectivity index is 4.52. The zero-order valence-corrected chi connectivity index (χ0v) is 12.0. The molecule has 0 bridgehead atoms. The lowest BCUT2D eigenvalue weighted by atomic mass is 9.69. The highest BCUT2D eigenvalue weighted by Gasteiger charge is 2.36. The summed E-state index contributed by atoms with van der Waals surface area (Å²) in [4.78, 5) is 11.5. The van der Waals surface area contributed by atoms with Gasteiger partial charge >= 0.3 is 5.97 Å². The first kappa shape index (κ1) is 15.4. The number of hydrogen-bond donors (Lipinski definition) is 1. The Bertz CT molecular complexity index is 249. The Labute approximate surface area is 99.9 Å². The summed E-state index contributed by atoms with van der Waals surface area (Å²) in [7, 11) is 1.42. The lowest BCUT2D eigenvalue weighted by Crippen LogP contribution is -2.52. The summed E-state index contributed by atoms with van der Waals surface area (Å²) < 4.78 is 4.76. The van der Waals surface area contributed by atoms with Gasteiger partial charge < -0.3 is 10.1 Å². The average Bonchev–Trinajstić information content (AvgIpc) is 2.12. The van der Waals surface area contributed by atoms with Crippen LogP contribution in [0.25, 0.3) is 0 Å². The van der Waals surface area contributed by atoms with Gasteiger partial charge in [-0.3, -0.25) is 4.79 Å². The molecule has 0 fully saturated rings. The van der Waals surface area contributed by atoms with Crippen molar-refractivity contribution in [3.8, 4) is 0 Å². The number of rotatable bonds is 4. The molecule has 0 aliphatic rings. The van der Waals surface area contributed by atoms with Crippen LogP contribution in [0, 0.1) is 10.8 Å². The molecule has 0 aromatic carbocycles. The van der Waals surface area contributed by atoms with Crippen LogP contribution in [-0.2, 0) is 9.53 Å². The molecule has 0 rings (SSSR count). The number of nitrogens with one attached hydrogen (secondary N) is 1. The second-order valence-electron chi connectivity index (χ2n) is 6.60. The maximum absolute atomic E-state index is 11.5. The molecule has 0 aliphatic carbocycles. The second kappa shape index (κ2) is 4.74. The summed E-state index contributed by atoms with van der Waals surface area (Å²) in [5.74, 6) is -0.225. The van der Waals surface area contributed by atoms with E-state index < -0.39 is 5.54 Å². The number of esters is 1. The summed E-state index contributed by atoms with van der Waals surface area (Å²) >= 11 is 0. The number of hydrogen-bond acceptors (Lipinski definition) is 3. The van der Waals surface area contributed by atoms with E-state index in [2.05, 4.69) is 39.9 Å². The van der Waals surface area contributed by atoms with Gasteiger partial charge in [-0.05, 0) is 24.7 Å². The number of carbonyl (C=O) groups excluding carboxylic acids is 1. The predicted molar refractivity (Wildman–Crippen MR) is 67.3 cm³/mol. The third-order valence-corrected chi connectivity index (χ3v) is 3.70. The SMILES string of the molecule is COC(=O)C(C)(C)NCC(C)(C)C(C)(C)C. The first-order chi connectivity index (χ1) is 6.94. The van der Waals surface area contributed by atoms with Gasteiger partial charge in [-0.2, -0.15) is 0 Å². The van der Waals surface area contributed by atoms with Crippen LogP contribution in [0.4, 0.5) is 0 Å². The van der Waals surface area contributed by atoms with E-state index in [1.54, 1.807) is 0 Å². The molecular weight excluding hydrogens is 202 g/mol. The van der Waals surface area contributed by atoms with E-state index in [1.165, 1.54) is 7.11 Å². The molecule has 0 aromatic rings. The molecule has 0 radical (unpaired) electrons. The molecule has 3 nitrogen and oxygen atoms in total. The average molecular weight is 229 g/mol. The van der Waals surface area contributed by atoms with Gasteiger partial charge in [0.05, 0.1) is 7.11 Å². The monoisotopic (exact) mass is 229 g/mol. The van der Waals surface area contributed by atoms with Gasteiger partial charge in [0.15, 0.2) is 0 Å². The van der Waals surface area contributed by atoms with Crippen molar-refractivity contribution in [3.63, 3.8) is 0 Å². The van der Waals surface area contributed by atoms with E-state index in [-0.39, 0.29) is 16.8 Å². The molecule has 0 aliphatic heterocycles. The Morgan fingerprint density at radius 3 is 1.81 bits per heavy atom. The molecule has 16 heavy (non-hydrogen) atoms. The highest BCUT2D eigenvalue weighted by molar-refractivity contribution is 5.79. The Kier molecular flexibility index (Phi) is 4.57. The van der Waals surface area contributed by atoms with Gasteiger partial charge in [-0.1, -0.05) is 34.6 Å². The molecule has 3 heteroatoms. The van der Waals surface area contributed by atoms with E-state index in [9.17, 15) is 4.79 Å². The number of methoxy groups -OCH3 is 1. The summed E-state index contributed by atoms with van der Waals surface area (Å²) in [5, 5.41) is 3.28. The summed E-state index contributed by atoms with van der Waals surface area (Å²) in [6.45, 7) is 15.5. The molecule has 1 N–H and O–H groups in total. The molecule has 0 aromatic heterocycles. The molecule has 0 amide bonds. The normalized spacial score (nSPS) is 13.8. The quantitative estimate of drug-likeness (QED) is 0.753. The van der Waals surface area contributed by atoms with Crippen molar-refractivity contribution in [1.82, 2.24) is 5.32 Å². The van der Waals surface area contributed by atoms with Crippen molar-refractivity contribution in [2.75, 3.05) is 13.7 Å². The Morgan fingerprint density at radius 2 is 1.50 bits per heavy atom. The van der Waals surface area contributed by atoms with Crippen LogP contribution in [-0.4, -0.2) is 25.2 Å². The summed E-state index contributed by atoms with van der Waals surface area (Å²) in [6.07, 6.45) is 0. The smallest absolute Gasteiger partial charge is 0.325 e. The van der Waals surface area contributed by atoms with Crippen LogP contribution >= 0.6 is 0 Å². The molecule has 0 heterocycles. The standard InChI is InChI=1S/C13H27NO2/c1-11(2,3)12(4,5)9-14-13(6,7)10(15)16-8/h14H,9H2,1-8H3. The number of ether oxygens (including phenoxy) is 1. The molecule has 96 valence electrons. The van der Waals surface area contributed by atoms with Crippen molar-refractivity contribution < 1.29 is 9.53 Å². The summed E-state index contributed by atoms with van der Waals surface area (Å²) in [6, 6.07) is 0. The van der Waals surface area contributed by atoms with Crippen LogP contribution in [0.1, 0.15) is 48.5 Å². The number of carbonyl (C=O) groups is 1. The van der Waals surface area contributed by atoms with Crippen molar-refractivity contribution in [2.45, 2.75) is 54.0 Å². The maximum Gasteiger partial charge on any atom is 0.325 e. The largest absolute Gasteiger partial charge is 0.468 e. The van der Waals surface area contributed by atoms with Gasteiger partial charge in [0, 0.05) is 6.54 Å². The fourth-order valence-corrected chi connectivity index (χ4v) is 1.03. The van der Waals surface area contributed by atoms with Gasteiger partial charge in [-0.15, -0.1) is 0 Å². The van der Waals surface area contributed by atoms with Gasteiger partial charge in [0.25, 0.3) is 0 Å². The summed E-state index contributed by atoms with van der Waals surface area (Å²) in [5.41, 5.74) is -0.332. The van der Waals surface area contributed by atoms with Gasteiger partial charge in [0.1, 0.15) is 5.54 Å². The minimum Gasteiger partial charge on any atom is -0.468 e. The van der Waals surface area contributed by atoms with Crippen molar-refractivity contribution in [2.24, 2.45) is 10.8 Å². The molecule has 0 atom stereocenters. The predicted octanol–water partition coefficient (Wildman–Crippen LogP) is 2.60. The van der Waals surface area contributed by atoms with E-state index in [0.717, 1.165) is 6.54 Å². The van der Waals surface area contributed by atoms with E-state index in [4.69, 9.17) is 4.74 Å². The third-order valence-electron chi connectivity index (χ3n) is 3.70. The second-order valence-corrected chi connectivity index (χ2v) is 6.60. The van der Waals surface area contributed by atoms with E-state index in [0.29, 0.717) is 0 Å². The first-order valence-electron chi connectivity index (χ1n) is 5.77. The Hall–Kier alpha value is -0.570. The van der Waals surface area contributed by atoms with Crippen LogP contribution in [0.3, 0.4) is 0 Å². The van der Waals surface area contributed by atoms with E-state index >= 15 is 0 Å². The minimum absolute atomic E-state index is 0.109. The highest BCUT2D eigenvalue weighted by Crippen LogP contribution is 2.37. The first-order valence-corrected chi connectivity index (χ1v) is 5.77. The minimum atomic E-state index is -0.628. The van der Waals surface area contributed by atoms with Crippen LogP contribution < -0.4 is 5.32 Å². The highest BCUT2D eigenvalue weighted by atomic mass is 16.5. The van der Waals surface area contributed by atoms with Gasteiger partial charge in [0.2, 0.25) is 0 Å². The fraction of sp³-hybridized carbons (Fsp3) is 0.923. The third kappa shape index (κ3) is 3.78. The molecule has 0 saturated carbocycles.